The Kier molecular flexibility index (Phi) is 5.83. The second-order valence-corrected chi connectivity index (χ2v) is 8.53. The van der Waals surface area contributed by atoms with Gasteiger partial charge in [-0.05, 0) is 65.6 Å². The average Bonchev–Trinajstić information content (AvgIpc) is 3.19. The van der Waals surface area contributed by atoms with Crippen LogP contribution in [-0.2, 0) is 12.5 Å². The number of fused-ring (bicyclic) bond motifs is 1. The molecule has 1 aromatic carbocycles. The SMILES string of the molecule is COc1ccc(-c2ccn3c(=O)n(Cc4ccc(C(C)(F)F)nc4C)nc3c2-c2ccncc2)cc1. The average molecular weight is 488 g/mol. The maximum atomic E-state index is 13.7. The number of alkyl halides is 2. The minimum Gasteiger partial charge on any atom is -0.497 e. The number of aromatic nitrogens is 5. The van der Waals surface area contributed by atoms with E-state index in [1.54, 1.807) is 38.7 Å². The monoisotopic (exact) mass is 487 g/mol. The molecule has 0 radical (unpaired) electrons. The first-order chi connectivity index (χ1) is 17.3. The van der Waals surface area contributed by atoms with E-state index >= 15 is 0 Å². The minimum atomic E-state index is -3.04. The number of methoxy groups -OCH3 is 1. The zero-order valence-corrected chi connectivity index (χ0v) is 19.9. The Morgan fingerprint density at radius 3 is 2.33 bits per heavy atom. The Hall–Kier alpha value is -4.40. The van der Waals surface area contributed by atoms with E-state index in [-0.39, 0.29) is 17.9 Å². The van der Waals surface area contributed by atoms with E-state index in [1.165, 1.54) is 15.1 Å². The van der Waals surface area contributed by atoms with Gasteiger partial charge >= 0.3 is 5.69 Å². The molecule has 5 rings (SSSR count). The number of rotatable bonds is 6. The van der Waals surface area contributed by atoms with Crippen LogP contribution >= 0.6 is 0 Å². The van der Waals surface area contributed by atoms with E-state index < -0.39 is 5.92 Å². The van der Waals surface area contributed by atoms with Crippen LogP contribution in [0.4, 0.5) is 8.78 Å². The fourth-order valence-electron chi connectivity index (χ4n) is 4.16. The van der Waals surface area contributed by atoms with Crippen LogP contribution in [-0.4, -0.2) is 31.3 Å². The predicted molar refractivity (Wildman–Crippen MR) is 132 cm³/mol. The van der Waals surface area contributed by atoms with Crippen LogP contribution < -0.4 is 10.4 Å². The Morgan fingerprint density at radius 2 is 1.69 bits per heavy atom. The first-order valence-corrected chi connectivity index (χ1v) is 11.3. The lowest BCUT2D eigenvalue weighted by atomic mass is 9.96. The van der Waals surface area contributed by atoms with Gasteiger partial charge in [-0.1, -0.05) is 18.2 Å². The number of hydrogen-bond donors (Lipinski definition) is 0. The van der Waals surface area contributed by atoms with Crippen molar-refractivity contribution in [1.29, 1.82) is 0 Å². The molecule has 36 heavy (non-hydrogen) atoms. The summed E-state index contributed by atoms with van der Waals surface area (Å²) in [7, 11) is 1.61. The second kappa shape index (κ2) is 8.99. The van der Waals surface area contributed by atoms with Crippen LogP contribution in [0.15, 0.2) is 78.0 Å². The van der Waals surface area contributed by atoms with Crippen LogP contribution in [0.5, 0.6) is 5.75 Å². The standard InChI is InChI=1S/C27H23F2N5O2/c1-17-20(6-9-23(31-17)27(2,28)29)16-34-26(35)33-15-12-22(18-4-7-21(36-3)8-5-18)24(25(33)32-34)19-10-13-30-14-11-19/h4-15H,16H2,1-3H3. The molecule has 0 spiro atoms. The summed E-state index contributed by atoms with van der Waals surface area (Å²) in [5.41, 5.74) is 4.33. The minimum absolute atomic E-state index is 0.0998. The third-order valence-electron chi connectivity index (χ3n) is 6.09. The molecule has 0 fully saturated rings. The van der Waals surface area contributed by atoms with E-state index in [0.717, 1.165) is 34.9 Å². The van der Waals surface area contributed by atoms with Gasteiger partial charge in [0.05, 0.1) is 13.7 Å². The van der Waals surface area contributed by atoms with Crippen molar-refractivity contribution in [2.75, 3.05) is 7.11 Å². The van der Waals surface area contributed by atoms with E-state index in [0.29, 0.717) is 16.9 Å². The van der Waals surface area contributed by atoms with Crippen LogP contribution in [0.3, 0.4) is 0 Å². The molecule has 0 N–H and O–H groups in total. The summed E-state index contributed by atoms with van der Waals surface area (Å²) in [5.74, 6) is -2.30. The summed E-state index contributed by atoms with van der Waals surface area (Å²) in [5, 5.41) is 4.66. The number of aryl methyl sites for hydroxylation is 1. The topological polar surface area (TPSA) is 74.3 Å². The van der Waals surface area contributed by atoms with Crippen molar-refractivity contribution < 1.29 is 13.5 Å². The van der Waals surface area contributed by atoms with Crippen LogP contribution in [0, 0.1) is 6.92 Å². The molecule has 0 bridgehead atoms. The normalized spacial score (nSPS) is 11.7. The fourth-order valence-corrected chi connectivity index (χ4v) is 4.16. The van der Waals surface area contributed by atoms with E-state index in [9.17, 15) is 13.6 Å². The first kappa shape index (κ1) is 23.3. The molecule has 0 aliphatic carbocycles. The summed E-state index contributed by atoms with van der Waals surface area (Å²) in [6.45, 7) is 2.56. The maximum absolute atomic E-state index is 13.7. The van der Waals surface area contributed by atoms with Crippen molar-refractivity contribution in [2.45, 2.75) is 26.3 Å². The highest BCUT2D eigenvalue weighted by Crippen LogP contribution is 2.35. The predicted octanol–water partition coefficient (Wildman–Crippen LogP) is 5.10. The van der Waals surface area contributed by atoms with Crippen molar-refractivity contribution in [2.24, 2.45) is 0 Å². The number of benzene rings is 1. The van der Waals surface area contributed by atoms with Crippen LogP contribution in [0.25, 0.3) is 27.9 Å². The molecule has 9 heteroatoms. The molecule has 4 heterocycles. The number of halogens is 2. The van der Waals surface area contributed by atoms with Crippen molar-refractivity contribution >= 4 is 5.65 Å². The molecule has 0 saturated heterocycles. The van der Waals surface area contributed by atoms with Gasteiger partial charge in [0.2, 0.25) is 0 Å². The number of nitrogens with zero attached hydrogens (tertiary/aromatic N) is 5. The van der Waals surface area contributed by atoms with Crippen molar-refractivity contribution in [3.05, 3.63) is 101 Å². The van der Waals surface area contributed by atoms with Gasteiger partial charge in [0.15, 0.2) is 5.65 Å². The maximum Gasteiger partial charge on any atom is 0.350 e. The Morgan fingerprint density at radius 1 is 0.972 bits per heavy atom. The zero-order chi connectivity index (χ0) is 25.4. The van der Waals surface area contributed by atoms with Gasteiger partial charge in [0, 0.05) is 36.8 Å². The molecule has 182 valence electrons. The van der Waals surface area contributed by atoms with Gasteiger partial charge in [-0.25, -0.2) is 13.9 Å². The molecule has 0 amide bonds. The van der Waals surface area contributed by atoms with Gasteiger partial charge in [-0.2, -0.15) is 8.78 Å². The highest BCUT2D eigenvalue weighted by Gasteiger charge is 2.26. The molecular formula is C27H23F2N5O2. The molecule has 0 aliphatic rings. The molecule has 0 atom stereocenters. The number of pyridine rings is 3. The van der Waals surface area contributed by atoms with Crippen LogP contribution in [0.1, 0.15) is 23.9 Å². The van der Waals surface area contributed by atoms with Gasteiger partial charge in [0.1, 0.15) is 11.4 Å². The number of ether oxygens (including phenoxy) is 1. The van der Waals surface area contributed by atoms with Crippen molar-refractivity contribution in [3.8, 4) is 28.0 Å². The lowest BCUT2D eigenvalue weighted by Gasteiger charge is -2.12. The summed E-state index contributed by atoms with van der Waals surface area (Å²) >= 11 is 0. The highest BCUT2D eigenvalue weighted by atomic mass is 19.3. The first-order valence-electron chi connectivity index (χ1n) is 11.3. The molecule has 5 aromatic rings. The lowest BCUT2D eigenvalue weighted by molar-refractivity contribution is 0.0126. The van der Waals surface area contributed by atoms with E-state index in [4.69, 9.17) is 4.74 Å². The molecular weight excluding hydrogens is 464 g/mol. The molecule has 0 aliphatic heterocycles. The largest absolute Gasteiger partial charge is 0.497 e. The fraction of sp³-hybridized carbons (Fsp3) is 0.185. The third-order valence-corrected chi connectivity index (χ3v) is 6.09. The van der Waals surface area contributed by atoms with Crippen LogP contribution in [0.2, 0.25) is 0 Å². The zero-order valence-electron chi connectivity index (χ0n) is 19.9. The Labute approximate surface area is 205 Å². The van der Waals surface area contributed by atoms with Gasteiger partial charge in [0.25, 0.3) is 5.92 Å². The highest BCUT2D eigenvalue weighted by molar-refractivity contribution is 5.91. The van der Waals surface area contributed by atoms with Crippen molar-refractivity contribution in [1.82, 2.24) is 24.1 Å². The number of hydrogen-bond acceptors (Lipinski definition) is 5. The third kappa shape index (κ3) is 4.24. The Bertz CT molecular complexity index is 1600. The summed E-state index contributed by atoms with van der Waals surface area (Å²) in [4.78, 5) is 21.4. The van der Waals surface area contributed by atoms with Gasteiger partial charge in [-0.15, -0.1) is 5.10 Å². The van der Waals surface area contributed by atoms with Gasteiger partial charge < -0.3 is 4.74 Å². The molecule has 0 unspecified atom stereocenters. The second-order valence-electron chi connectivity index (χ2n) is 8.53. The lowest BCUT2D eigenvalue weighted by Crippen LogP contribution is -2.22. The summed E-state index contributed by atoms with van der Waals surface area (Å²) < 4.78 is 35.5. The van der Waals surface area contributed by atoms with E-state index in [2.05, 4.69) is 15.1 Å². The molecule has 0 saturated carbocycles. The van der Waals surface area contributed by atoms with Crippen molar-refractivity contribution in [3.63, 3.8) is 0 Å². The summed E-state index contributed by atoms with van der Waals surface area (Å²) in [6, 6.07) is 16.1. The van der Waals surface area contributed by atoms with Gasteiger partial charge in [-0.3, -0.25) is 9.97 Å². The van der Waals surface area contributed by atoms with E-state index in [1.807, 2.05) is 42.5 Å². The molecule has 7 nitrogen and oxygen atoms in total. The Balaban J connectivity index is 1.66. The quantitative estimate of drug-likeness (QED) is 0.333. The summed E-state index contributed by atoms with van der Waals surface area (Å²) in [6.07, 6.45) is 5.06. The smallest absolute Gasteiger partial charge is 0.350 e. The molecule has 4 aromatic heterocycles.